The van der Waals surface area contributed by atoms with Gasteiger partial charge in [0.1, 0.15) is 0 Å². The Kier molecular flexibility index (Phi) is 6.49. The molecule has 1 aromatic heterocycles. The number of likely N-dealkylation sites (tertiary alicyclic amines) is 1. The van der Waals surface area contributed by atoms with Crippen LogP contribution in [0.3, 0.4) is 0 Å². The zero-order chi connectivity index (χ0) is 24.4. The van der Waals surface area contributed by atoms with Gasteiger partial charge in [0.15, 0.2) is 5.13 Å². The van der Waals surface area contributed by atoms with Crippen molar-refractivity contribution >= 4 is 34.1 Å². The predicted molar refractivity (Wildman–Crippen MR) is 135 cm³/mol. The van der Waals surface area contributed by atoms with Gasteiger partial charge in [0.05, 0.1) is 23.4 Å². The minimum Gasteiger partial charge on any atom is -0.317 e. The number of benzene rings is 2. The summed E-state index contributed by atoms with van der Waals surface area (Å²) in [5.74, 6) is -0.200. The van der Waals surface area contributed by atoms with Crippen LogP contribution in [0.5, 0.6) is 0 Å². The number of rotatable bonds is 4. The average molecular weight is 487 g/mol. The first-order valence-electron chi connectivity index (χ1n) is 11.7. The highest BCUT2D eigenvalue weighted by molar-refractivity contribution is 7.15. The molecule has 178 valence electrons. The molecule has 1 atom stereocenters. The number of carbonyl (C=O) groups excluding carboxylic acids is 2. The van der Waals surface area contributed by atoms with Gasteiger partial charge in [0, 0.05) is 42.2 Å². The van der Waals surface area contributed by atoms with Crippen LogP contribution in [0.4, 0.5) is 15.6 Å². The number of amides is 3. The lowest BCUT2D eigenvalue weighted by atomic mass is 10.0. The first kappa shape index (κ1) is 23.0. The van der Waals surface area contributed by atoms with E-state index in [1.54, 1.807) is 35.2 Å². The van der Waals surface area contributed by atoms with Crippen LogP contribution in [-0.2, 0) is 13.0 Å². The van der Waals surface area contributed by atoms with Crippen LogP contribution in [0, 0.1) is 11.3 Å². The summed E-state index contributed by atoms with van der Waals surface area (Å²) < 4.78 is 0. The molecule has 0 radical (unpaired) electrons. The quantitative estimate of drug-likeness (QED) is 0.560. The van der Waals surface area contributed by atoms with Gasteiger partial charge in [-0.15, -0.1) is 11.3 Å². The largest absolute Gasteiger partial charge is 0.322 e. The van der Waals surface area contributed by atoms with Crippen molar-refractivity contribution in [1.29, 1.82) is 5.26 Å². The molecule has 9 heteroatoms. The van der Waals surface area contributed by atoms with Gasteiger partial charge in [-0.25, -0.2) is 9.78 Å². The van der Waals surface area contributed by atoms with Gasteiger partial charge in [-0.05, 0) is 55.8 Å². The van der Waals surface area contributed by atoms with Crippen LogP contribution in [0.15, 0.2) is 48.5 Å². The fourth-order valence-corrected chi connectivity index (χ4v) is 5.73. The Bertz CT molecular complexity index is 1310. The molecule has 0 unspecified atom stereocenters. The number of carbonyl (C=O) groups is 2. The van der Waals surface area contributed by atoms with Gasteiger partial charge in [-0.2, -0.15) is 5.26 Å². The molecule has 3 aromatic rings. The second-order valence-electron chi connectivity index (χ2n) is 8.93. The Hall–Kier alpha value is -3.74. The molecule has 1 fully saturated rings. The first-order valence-corrected chi connectivity index (χ1v) is 12.5. The molecule has 0 spiro atoms. The number of nitrogens with zero attached hydrogens (tertiary/aromatic N) is 4. The minimum absolute atomic E-state index is 0.121. The minimum atomic E-state index is -0.212. The zero-order valence-corrected chi connectivity index (χ0v) is 20.3. The van der Waals surface area contributed by atoms with E-state index in [0.717, 1.165) is 43.6 Å². The summed E-state index contributed by atoms with van der Waals surface area (Å²) in [6, 6.07) is 16.1. The lowest BCUT2D eigenvalue weighted by molar-refractivity contribution is 0.102. The van der Waals surface area contributed by atoms with Crippen molar-refractivity contribution in [3.05, 3.63) is 75.8 Å². The summed E-state index contributed by atoms with van der Waals surface area (Å²) in [5.41, 5.74) is 3.63. The summed E-state index contributed by atoms with van der Waals surface area (Å²) in [6.45, 7) is 2.46. The zero-order valence-electron chi connectivity index (χ0n) is 19.5. The fourth-order valence-electron chi connectivity index (χ4n) is 4.65. The monoisotopic (exact) mass is 486 g/mol. The molecular weight excluding hydrogens is 460 g/mol. The third-order valence-electron chi connectivity index (χ3n) is 6.43. The fraction of sp³-hybridized carbons (Fsp3) is 0.308. The summed E-state index contributed by atoms with van der Waals surface area (Å²) in [4.78, 5) is 35.9. The van der Waals surface area contributed by atoms with Crippen molar-refractivity contribution in [1.82, 2.24) is 14.8 Å². The van der Waals surface area contributed by atoms with Gasteiger partial charge in [0.2, 0.25) is 0 Å². The third kappa shape index (κ3) is 5.04. The van der Waals surface area contributed by atoms with Crippen LogP contribution in [-0.4, -0.2) is 46.9 Å². The van der Waals surface area contributed by atoms with Crippen molar-refractivity contribution in [3.8, 4) is 6.07 Å². The maximum absolute atomic E-state index is 13.0. The molecule has 5 rings (SSSR count). The molecule has 3 amide bonds. The highest BCUT2D eigenvalue weighted by Gasteiger charge is 2.30. The van der Waals surface area contributed by atoms with Crippen molar-refractivity contribution in [2.45, 2.75) is 31.8 Å². The second kappa shape index (κ2) is 9.86. The van der Waals surface area contributed by atoms with Crippen LogP contribution in [0.25, 0.3) is 0 Å². The lowest BCUT2D eigenvalue weighted by Gasteiger charge is -2.25. The van der Waals surface area contributed by atoms with E-state index in [1.807, 2.05) is 18.2 Å². The highest BCUT2D eigenvalue weighted by Crippen LogP contribution is 2.33. The lowest BCUT2D eigenvalue weighted by Crippen LogP contribution is -2.34. The maximum atomic E-state index is 13.0. The van der Waals surface area contributed by atoms with Gasteiger partial charge in [-0.3, -0.25) is 10.1 Å². The standard InChI is InChI=1S/C26H26N6O2S/c1-31-12-10-21-23(16-31)35-25(29-21)30-24(33)19-7-3-6-18(14-19)22-9-4-11-32(22)26(34)28-20-8-2-5-17(13-20)15-27/h2-3,5-8,13-14,22H,4,9-12,16H2,1H3,(H,28,34)(H,29,30,33)/t22-/m1/s1. The van der Waals surface area contributed by atoms with Crippen molar-refractivity contribution < 1.29 is 9.59 Å². The number of hydrogen-bond acceptors (Lipinski definition) is 6. The molecule has 8 nitrogen and oxygen atoms in total. The molecule has 35 heavy (non-hydrogen) atoms. The normalized spacial score (nSPS) is 17.5. The molecule has 2 aromatic carbocycles. The molecule has 2 aliphatic heterocycles. The summed E-state index contributed by atoms with van der Waals surface area (Å²) in [6.07, 6.45) is 2.60. The number of anilines is 2. The Morgan fingerprint density at radius 1 is 1.14 bits per heavy atom. The van der Waals surface area contributed by atoms with Gasteiger partial charge >= 0.3 is 6.03 Å². The number of urea groups is 1. The van der Waals surface area contributed by atoms with E-state index in [2.05, 4.69) is 33.6 Å². The predicted octanol–water partition coefficient (Wildman–Crippen LogP) is 4.62. The van der Waals surface area contributed by atoms with Crippen LogP contribution in [0.1, 0.15) is 50.9 Å². The van der Waals surface area contributed by atoms with Crippen molar-refractivity contribution in [2.24, 2.45) is 0 Å². The van der Waals surface area contributed by atoms with E-state index >= 15 is 0 Å². The molecule has 0 saturated carbocycles. The molecule has 0 aliphatic carbocycles. The molecule has 0 bridgehead atoms. The molecule has 2 N–H and O–H groups in total. The number of nitrogens with one attached hydrogen (secondary N) is 2. The van der Waals surface area contributed by atoms with Crippen LogP contribution < -0.4 is 10.6 Å². The number of fused-ring (bicyclic) bond motifs is 1. The molecule has 1 saturated heterocycles. The Morgan fingerprint density at radius 3 is 2.86 bits per heavy atom. The Morgan fingerprint density at radius 2 is 2.00 bits per heavy atom. The van der Waals surface area contributed by atoms with Gasteiger partial charge in [0.25, 0.3) is 5.91 Å². The second-order valence-corrected chi connectivity index (χ2v) is 10.0. The highest BCUT2D eigenvalue weighted by atomic mass is 32.1. The van der Waals surface area contributed by atoms with Gasteiger partial charge < -0.3 is 15.1 Å². The van der Waals surface area contributed by atoms with E-state index in [9.17, 15) is 9.59 Å². The van der Waals surface area contributed by atoms with E-state index < -0.39 is 0 Å². The maximum Gasteiger partial charge on any atom is 0.322 e. The van der Waals surface area contributed by atoms with Gasteiger partial charge in [-0.1, -0.05) is 18.2 Å². The third-order valence-corrected chi connectivity index (χ3v) is 7.43. The molecule has 2 aliphatic rings. The Labute approximate surface area is 208 Å². The average Bonchev–Trinajstić information content (AvgIpc) is 3.51. The summed E-state index contributed by atoms with van der Waals surface area (Å²) in [7, 11) is 2.09. The van der Waals surface area contributed by atoms with Crippen molar-refractivity contribution in [2.75, 3.05) is 30.8 Å². The van der Waals surface area contributed by atoms with E-state index in [1.165, 1.54) is 16.2 Å². The Balaban J connectivity index is 1.29. The van der Waals surface area contributed by atoms with E-state index in [0.29, 0.717) is 28.5 Å². The van der Waals surface area contributed by atoms with E-state index in [-0.39, 0.29) is 18.0 Å². The first-order chi connectivity index (χ1) is 17.0. The SMILES string of the molecule is CN1CCc2nc(NC(=O)c3cccc([C@H]4CCCN4C(=O)Nc4cccc(C#N)c4)c3)sc2C1. The molecular formula is C26H26N6O2S. The van der Waals surface area contributed by atoms with Crippen LogP contribution in [0.2, 0.25) is 0 Å². The van der Waals surface area contributed by atoms with Crippen molar-refractivity contribution in [3.63, 3.8) is 0 Å². The topological polar surface area (TPSA) is 101 Å². The summed E-state index contributed by atoms with van der Waals surface area (Å²) in [5, 5.41) is 15.6. The number of nitriles is 1. The van der Waals surface area contributed by atoms with E-state index in [4.69, 9.17) is 5.26 Å². The number of thiazole rings is 1. The number of aromatic nitrogens is 1. The number of likely N-dealkylation sites (N-methyl/N-ethyl adjacent to an activating group) is 1. The molecule has 3 heterocycles. The smallest absolute Gasteiger partial charge is 0.317 e. The summed E-state index contributed by atoms with van der Waals surface area (Å²) >= 11 is 1.53. The van der Waals surface area contributed by atoms with Crippen LogP contribution >= 0.6 is 11.3 Å². The number of hydrogen-bond donors (Lipinski definition) is 2.